The number of rotatable bonds is 7. The van der Waals surface area contributed by atoms with Crippen molar-refractivity contribution >= 4 is 0 Å². The van der Waals surface area contributed by atoms with E-state index in [0.717, 1.165) is 11.3 Å². The molecule has 1 aromatic rings. The Morgan fingerprint density at radius 1 is 1.33 bits per heavy atom. The fourth-order valence-electron chi connectivity index (χ4n) is 1.65. The lowest BCUT2D eigenvalue weighted by molar-refractivity contribution is 0.127. The maximum absolute atomic E-state index is 8.54. The molecular formula is C14H20N2O2. The molecular weight excluding hydrogens is 228 g/mol. The van der Waals surface area contributed by atoms with Crippen molar-refractivity contribution in [2.24, 2.45) is 0 Å². The second-order valence-corrected chi connectivity index (χ2v) is 4.72. The minimum Gasteiger partial charge on any atom is -0.478 e. The number of methoxy groups -OCH3 is 1. The molecule has 0 aromatic heterocycles. The fraction of sp³-hybridized carbons (Fsp3) is 0.500. The third-order valence-electron chi connectivity index (χ3n) is 2.53. The molecule has 0 fully saturated rings. The molecule has 18 heavy (non-hydrogen) atoms. The standard InChI is InChI=1S/C14H20N2O2/c1-14(2,11-17-3)16-10-12-6-4-5-7-13(12)18-9-8-15/h4-7,16H,9-11H2,1-3H3. The van der Waals surface area contributed by atoms with Gasteiger partial charge in [-0.05, 0) is 19.9 Å². The average Bonchev–Trinajstić information content (AvgIpc) is 2.35. The number of hydrogen-bond acceptors (Lipinski definition) is 4. The number of ether oxygens (including phenoxy) is 2. The van der Waals surface area contributed by atoms with Crippen molar-refractivity contribution in [3.05, 3.63) is 29.8 Å². The third kappa shape index (κ3) is 4.74. The third-order valence-corrected chi connectivity index (χ3v) is 2.53. The molecule has 4 nitrogen and oxygen atoms in total. The van der Waals surface area contributed by atoms with Crippen LogP contribution in [0.5, 0.6) is 5.75 Å². The minimum atomic E-state index is -0.100. The van der Waals surface area contributed by atoms with Gasteiger partial charge < -0.3 is 14.8 Å². The summed E-state index contributed by atoms with van der Waals surface area (Å²) in [5, 5.41) is 11.9. The van der Waals surface area contributed by atoms with E-state index >= 15 is 0 Å². The summed E-state index contributed by atoms with van der Waals surface area (Å²) < 4.78 is 10.5. The van der Waals surface area contributed by atoms with Crippen LogP contribution < -0.4 is 10.1 Å². The number of hydrogen-bond donors (Lipinski definition) is 1. The van der Waals surface area contributed by atoms with Crippen molar-refractivity contribution in [2.75, 3.05) is 20.3 Å². The lowest BCUT2D eigenvalue weighted by Crippen LogP contribution is -2.42. The molecule has 0 unspecified atom stereocenters. The minimum absolute atomic E-state index is 0.0679. The van der Waals surface area contributed by atoms with Crippen LogP contribution in [0, 0.1) is 11.3 Å². The Labute approximate surface area is 109 Å². The lowest BCUT2D eigenvalue weighted by atomic mass is 10.1. The summed E-state index contributed by atoms with van der Waals surface area (Å²) >= 11 is 0. The molecule has 0 aliphatic carbocycles. The van der Waals surface area contributed by atoms with E-state index in [1.54, 1.807) is 7.11 Å². The smallest absolute Gasteiger partial charge is 0.174 e. The molecule has 0 saturated heterocycles. The van der Waals surface area contributed by atoms with Gasteiger partial charge in [0.05, 0.1) is 6.61 Å². The van der Waals surface area contributed by atoms with Gasteiger partial charge in [-0.25, -0.2) is 0 Å². The van der Waals surface area contributed by atoms with Gasteiger partial charge in [0.1, 0.15) is 11.8 Å². The molecule has 1 N–H and O–H groups in total. The van der Waals surface area contributed by atoms with Gasteiger partial charge in [-0.1, -0.05) is 18.2 Å². The largest absolute Gasteiger partial charge is 0.478 e. The van der Waals surface area contributed by atoms with Crippen LogP contribution in [0.15, 0.2) is 24.3 Å². The van der Waals surface area contributed by atoms with Gasteiger partial charge in [-0.15, -0.1) is 0 Å². The molecule has 0 aliphatic rings. The molecule has 0 amide bonds. The second kappa shape index (κ2) is 7.00. The zero-order chi connectivity index (χ0) is 13.4. The molecule has 0 saturated carbocycles. The van der Waals surface area contributed by atoms with Crippen molar-refractivity contribution in [3.63, 3.8) is 0 Å². The van der Waals surface area contributed by atoms with Crippen molar-refractivity contribution < 1.29 is 9.47 Å². The summed E-state index contributed by atoms with van der Waals surface area (Å²) in [5.74, 6) is 0.750. The maximum atomic E-state index is 8.54. The average molecular weight is 248 g/mol. The first-order valence-electron chi connectivity index (χ1n) is 5.90. The molecule has 0 heterocycles. The lowest BCUT2D eigenvalue weighted by Gasteiger charge is -2.25. The molecule has 0 radical (unpaired) electrons. The molecule has 0 aliphatic heterocycles. The van der Waals surface area contributed by atoms with Crippen LogP contribution >= 0.6 is 0 Å². The van der Waals surface area contributed by atoms with E-state index in [9.17, 15) is 0 Å². The summed E-state index contributed by atoms with van der Waals surface area (Å²) in [4.78, 5) is 0. The molecule has 98 valence electrons. The van der Waals surface area contributed by atoms with E-state index in [1.807, 2.05) is 30.3 Å². The van der Waals surface area contributed by atoms with Crippen LogP contribution in [-0.2, 0) is 11.3 Å². The summed E-state index contributed by atoms with van der Waals surface area (Å²) in [5.41, 5.74) is 0.939. The van der Waals surface area contributed by atoms with Gasteiger partial charge in [0, 0.05) is 24.8 Å². The molecule has 4 heteroatoms. The summed E-state index contributed by atoms with van der Waals surface area (Å²) in [7, 11) is 1.69. The highest BCUT2D eigenvalue weighted by molar-refractivity contribution is 5.33. The van der Waals surface area contributed by atoms with Crippen LogP contribution in [0.3, 0.4) is 0 Å². The molecule has 1 rings (SSSR count). The monoisotopic (exact) mass is 248 g/mol. The Morgan fingerprint density at radius 2 is 2.06 bits per heavy atom. The number of nitrogens with one attached hydrogen (secondary N) is 1. The number of para-hydroxylation sites is 1. The van der Waals surface area contributed by atoms with Gasteiger partial charge in [-0.3, -0.25) is 0 Å². The van der Waals surface area contributed by atoms with Gasteiger partial charge in [0.25, 0.3) is 0 Å². The van der Waals surface area contributed by atoms with Gasteiger partial charge in [0.2, 0.25) is 0 Å². The van der Waals surface area contributed by atoms with Crippen molar-refractivity contribution in [2.45, 2.75) is 25.9 Å². The number of benzene rings is 1. The summed E-state index contributed by atoms with van der Waals surface area (Å²) in [6.45, 7) is 5.54. The molecule has 0 spiro atoms. The van der Waals surface area contributed by atoms with Crippen LogP contribution in [0.25, 0.3) is 0 Å². The molecule has 0 atom stereocenters. The number of nitrogens with zero attached hydrogens (tertiary/aromatic N) is 1. The topological polar surface area (TPSA) is 54.3 Å². The van der Waals surface area contributed by atoms with E-state index in [0.29, 0.717) is 13.2 Å². The normalized spacial score (nSPS) is 11.0. The van der Waals surface area contributed by atoms with Crippen LogP contribution in [0.2, 0.25) is 0 Å². The highest BCUT2D eigenvalue weighted by Crippen LogP contribution is 2.18. The van der Waals surface area contributed by atoms with Crippen LogP contribution in [-0.4, -0.2) is 25.9 Å². The van der Waals surface area contributed by atoms with E-state index in [-0.39, 0.29) is 12.1 Å². The van der Waals surface area contributed by atoms with E-state index in [2.05, 4.69) is 19.2 Å². The van der Waals surface area contributed by atoms with E-state index in [1.165, 1.54) is 0 Å². The SMILES string of the molecule is COCC(C)(C)NCc1ccccc1OCC#N. The van der Waals surface area contributed by atoms with Crippen molar-refractivity contribution in [3.8, 4) is 11.8 Å². The van der Waals surface area contributed by atoms with Crippen molar-refractivity contribution in [1.29, 1.82) is 5.26 Å². The predicted octanol–water partition coefficient (Wildman–Crippen LogP) is 2.10. The van der Waals surface area contributed by atoms with Crippen molar-refractivity contribution in [1.82, 2.24) is 5.32 Å². The van der Waals surface area contributed by atoms with Gasteiger partial charge >= 0.3 is 0 Å². The Bertz CT molecular complexity index is 411. The highest BCUT2D eigenvalue weighted by Gasteiger charge is 2.17. The van der Waals surface area contributed by atoms with E-state index < -0.39 is 0 Å². The predicted molar refractivity (Wildman–Crippen MR) is 70.3 cm³/mol. The van der Waals surface area contributed by atoms with Gasteiger partial charge in [-0.2, -0.15) is 5.26 Å². The Balaban J connectivity index is 2.64. The molecule has 1 aromatic carbocycles. The van der Waals surface area contributed by atoms with E-state index in [4.69, 9.17) is 14.7 Å². The first kappa shape index (κ1) is 14.5. The summed E-state index contributed by atoms with van der Waals surface area (Å²) in [6, 6.07) is 9.69. The Morgan fingerprint density at radius 3 is 2.72 bits per heavy atom. The fourth-order valence-corrected chi connectivity index (χ4v) is 1.65. The first-order chi connectivity index (χ1) is 8.59. The highest BCUT2D eigenvalue weighted by atomic mass is 16.5. The second-order valence-electron chi connectivity index (χ2n) is 4.72. The van der Waals surface area contributed by atoms with Crippen LogP contribution in [0.1, 0.15) is 19.4 Å². The van der Waals surface area contributed by atoms with Crippen LogP contribution in [0.4, 0.5) is 0 Å². The maximum Gasteiger partial charge on any atom is 0.174 e. The number of nitriles is 1. The molecule has 0 bridgehead atoms. The zero-order valence-corrected chi connectivity index (χ0v) is 11.2. The Hall–Kier alpha value is -1.57. The quantitative estimate of drug-likeness (QED) is 0.803. The first-order valence-corrected chi connectivity index (χ1v) is 5.90. The zero-order valence-electron chi connectivity index (χ0n) is 11.2. The Kier molecular flexibility index (Phi) is 5.63. The van der Waals surface area contributed by atoms with Gasteiger partial charge in [0.15, 0.2) is 6.61 Å². The summed E-state index contributed by atoms with van der Waals surface area (Å²) in [6.07, 6.45) is 0.